The molecule has 47 heavy (non-hydrogen) atoms. The number of benzene rings is 2. The maximum absolute atomic E-state index is 13.7. The van der Waals surface area contributed by atoms with E-state index in [0.717, 1.165) is 4.90 Å². The number of carboxylic acid groups (broad SMARTS) is 1. The third-order valence-electron chi connectivity index (χ3n) is 7.59. The molecule has 10 nitrogen and oxygen atoms in total. The Balaban J connectivity index is 1.44. The fourth-order valence-corrected chi connectivity index (χ4v) is 7.25. The second kappa shape index (κ2) is 20.9. The lowest BCUT2D eigenvalue weighted by molar-refractivity contribution is -0.152. The van der Waals surface area contributed by atoms with E-state index in [9.17, 15) is 38.6 Å². The van der Waals surface area contributed by atoms with Gasteiger partial charge in [0.25, 0.3) is 0 Å². The summed E-state index contributed by atoms with van der Waals surface area (Å²) in [4.78, 5) is 63.0. The first-order chi connectivity index (χ1) is 22.7. The van der Waals surface area contributed by atoms with E-state index in [1.165, 1.54) is 23.5 Å². The number of halogens is 1. The molecule has 0 bridgehead atoms. The minimum Gasteiger partial charge on any atom is -0.480 e. The molecule has 1 aliphatic rings. The number of likely N-dealkylation sites (tertiary alicyclic amines) is 1. The van der Waals surface area contributed by atoms with Crippen LogP contribution in [0.2, 0.25) is 0 Å². The van der Waals surface area contributed by atoms with Gasteiger partial charge in [-0.1, -0.05) is 90.6 Å². The first-order valence-electron chi connectivity index (χ1n) is 15.9. The van der Waals surface area contributed by atoms with Gasteiger partial charge in [-0.05, 0) is 25.7 Å². The SMILES string of the molecule is O=C(CCCCC(CCSC(=O)c1ccccc1)SC(=O)c1ccccc1)OC(CCCO)NCCC(=O)N1CC(F)CC1C(=O)O. The highest BCUT2D eigenvalue weighted by Crippen LogP contribution is 2.28. The maximum atomic E-state index is 13.7. The van der Waals surface area contributed by atoms with Crippen LogP contribution in [0.4, 0.5) is 4.39 Å². The summed E-state index contributed by atoms with van der Waals surface area (Å²) in [7, 11) is 0. The van der Waals surface area contributed by atoms with Crippen LogP contribution in [0.25, 0.3) is 0 Å². The van der Waals surface area contributed by atoms with Gasteiger partial charge >= 0.3 is 11.9 Å². The Kier molecular flexibility index (Phi) is 17.0. The molecule has 0 aromatic heterocycles. The number of ether oxygens (including phenoxy) is 1. The molecule has 1 amide bonds. The molecule has 13 heteroatoms. The van der Waals surface area contributed by atoms with Crippen molar-refractivity contribution in [3.8, 4) is 0 Å². The first kappa shape index (κ1) is 38.2. The average molecular weight is 691 g/mol. The lowest BCUT2D eigenvalue weighted by Crippen LogP contribution is -2.42. The van der Waals surface area contributed by atoms with E-state index in [2.05, 4.69) is 5.32 Å². The third kappa shape index (κ3) is 13.8. The van der Waals surface area contributed by atoms with Gasteiger partial charge in [-0.3, -0.25) is 24.5 Å². The fraction of sp³-hybridized carbons (Fsp3) is 0.500. The summed E-state index contributed by atoms with van der Waals surface area (Å²) in [5.41, 5.74) is 1.24. The van der Waals surface area contributed by atoms with Gasteiger partial charge in [-0.25, -0.2) is 9.18 Å². The molecule has 1 fully saturated rings. The summed E-state index contributed by atoms with van der Waals surface area (Å²) < 4.78 is 19.3. The van der Waals surface area contributed by atoms with Crippen molar-refractivity contribution in [1.82, 2.24) is 10.2 Å². The molecule has 1 heterocycles. The van der Waals surface area contributed by atoms with Crippen LogP contribution in [0.1, 0.15) is 78.5 Å². The molecule has 0 saturated carbocycles. The minimum atomic E-state index is -1.38. The van der Waals surface area contributed by atoms with E-state index in [0.29, 0.717) is 55.4 Å². The summed E-state index contributed by atoms with van der Waals surface area (Å²) in [6.07, 6.45) is 0.812. The molecule has 0 radical (unpaired) electrons. The molecule has 4 atom stereocenters. The minimum absolute atomic E-state index is 0.0193. The molecule has 0 spiro atoms. The van der Waals surface area contributed by atoms with Crippen molar-refractivity contribution in [2.24, 2.45) is 0 Å². The quantitative estimate of drug-likeness (QED) is 0.0968. The van der Waals surface area contributed by atoms with Crippen molar-refractivity contribution in [2.75, 3.05) is 25.4 Å². The Bertz CT molecular complexity index is 1300. The number of aliphatic hydroxyl groups excluding tert-OH is 1. The molecule has 1 aliphatic heterocycles. The highest BCUT2D eigenvalue weighted by Gasteiger charge is 2.39. The van der Waals surface area contributed by atoms with Crippen LogP contribution in [0.15, 0.2) is 60.7 Å². The highest BCUT2D eigenvalue weighted by molar-refractivity contribution is 8.15. The fourth-order valence-electron chi connectivity index (χ4n) is 5.11. The molecule has 3 rings (SSSR count). The zero-order valence-electron chi connectivity index (χ0n) is 26.3. The summed E-state index contributed by atoms with van der Waals surface area (Å²) >= 11 is 2.47. The number of carboxylic acids is 1. The van der Waals surface area contributed by atoms with E-state index in [4.69, 9.17) is 4.74 Å². The number of amides is 1. The summed E-state index contributed by atoms with van der Waals surface area (Å²) in [6.45, 7) is -0.291. The first-order valence-corrected chi connectivity index (χ1v) is 17.7. The van der Waals surface area contributed by atoms with E-state index >= 15 is 0 Å². The second-order valence-corrected chi connectivity index (χ2v) is 13.6. The monoisotopic (exact) mass is 690 g/mol. The Morgan fingerprint density at radius 1 is 0.894 bits per heavy atom. The van der Waals surface area contributed by atoms with E-state index < -0.39 is 36.3 Å². The number of aliphatic hydroxyl groups is 1. The number of nitrogens with zero attached hydrogens (tertiary/aromatic N) is 1. The number of nitrogens with one attached hydrogen (secondary N) is 1. The molecular formula is C34H43FN2O8S2. The van der Waals surface area contributed by atoms with Gasteiger partial charge in [0, 0.05) is 61.0 Å². The third-order valence-corrected chi connectivity index (χ3v) is 9.78. The number of unbranched alkanes of at least 4 members (excludes halogenated alkanes) is 1. The van der Waals surface area contributed by atoms with Gasteiger partial charge < -0.3 is 19.8 Å². The van der Waals surface area contributed by atoms with Crippen molar-refractivity contribution < 1.29 is 43.3 Å². The van der Waals surface area contributed by atoms with Crippen LogP contribution in [0, 0.1) is 0 Å². The summed E-state index contributed by atoms with van der Waals surface area (Å²) in [6, 6.07) is 16.9. The number of hydrogen-bond acceptors (Lipinski definition) is 10. The lowest BCUT2D eigenvalue weighted by atomic mass is 10.1. The predicted octanol–water partition coefficient (Wildman–Crippen LogP) is 5.10. The van der Waals surface area contributed by atoms with E-state index in [1.807, 2.05) is 36.4 Å². The molecule has 1 saturated heterocycles. The van der Waals surface area contributed by atoms with Crippen LogP contribution >= 0.6 is 23.5 Å². The Morgan fingerprint density at radius 3 is 2.19 bits per heavy atom. The van der Waals surface area contributed by atoms with Crippen LogP contribution < -0.4 is 5.32 Å². The van der Waals surface area contributed by atoms with Gasteiger partial charge in [0.2, 0.25) is 16.1 Å². The largest absolute Gasteiger partial charge is 0.480 e. The number of esters is 1. The number of aliphatic carboxylic acids is 1. The summed E-state index contributed by atoms with van der Waals surface area (Å²) in [5, 5.41) is 21.4. The molecule has 4 unspecified atom stereocenters. The average Bonchev–Trinajstić information content (AvgIpc) is 3.48. The predicted molar refractivity (Wildman–Crippen MR) is 180 cm³/mol. The Morgan fingerprint density at radius 2 is 1.55 bits per heavy atom. The van der Waals surface area contributed by atoms with Crippen LogP contribution in [0.5, 0.6) is 0 Å². The zero-order chi connectivity index (χ0) is 34.0. The number of carbonyl (C=O) groups is 5. The van der Waals surface area contributed by atoms with Gasteiger partial charge in [-0.15, -0.1) is 0 Å². The van der Waals surface area contributed by atoms with Crippen LogP contribution in [-0.4, -0.2) is 92.3 Å². The van der Waals surface area contributed by atoms with E-state index in [-0.39, 0.29) is 54.4 Å². The number of alkyl halides is 1. The van der Waals surface area contributed by atoms with Gasteiger partial charge in [-0.2, -0.15) is 0 Å². The number of thioether (sulfide) groups is 2. The number of hydrogen-bond donors (Lipinski definition) is 3. The van der Waals surface area contributed by atoms with Gasteiger partial charge in [0.15, 0.2) is 6.23 Å². The highest BCUT2D eigenvalue weighted by atomic mass is 32.2. The van der Waals surface area contributed by atoms with Crippen molar-refractivity contribution in [2.45, 2.75) is 81.5 Å². The van der Waals surface area contributed by atoms with Crippen LogP contribution in [0.3, 0.4) is 0 Å². The van der Waals surface area contributed by atoms with Crippen molar-refractivity contribution in [1.29, 1.82) is 0 Å². The Hall–Kier alpha value is -3.26. The molecular weight excluding hydrogens is 648 g/mol. The molecule has 2 aromatic carbocycles. The zero-order valence-corrected chi connectivity index (χ0v) is 27.9. The van der Waals surface area contributed by atoms with Crippen LogP contribution in [-0.2, 0) is 19.1 Å². The number of rotatable bonds is 20. The molecule has 256 valence electrons. The lowest BCUT2D eigenvalue weighted by Gasteiger charge is -2.23. The van der Waals surface area contributed by atoms with E-state index in [1.54, 1.807) is 24.3 Å². The molecule has 2 aromatic rings. The van der Waals surface area contributed by atoms with Crippen molar-refractivity contribution in [3.05, 3.63) is 71.8 Å². The smallest absolute Gasteiger partial charge is 0.326 e. The molecule has 0 aliphatic carbocycles. The topological polar surface area (TPSA) is 150 Å². The van der Waals surface area contributed by atoms with Gasteiger partial charge in [0.1, 0.15) is 12.2 Å². The maximum Gasteiger partial charge on any atom is 0.326 e. The summed E-state index contributed by atoms with van der Waals surface area (Å²) in [5.74, 6) is -1.64. The Labute approximate surface area is 283 Å². The van der Waals surface area contributed by atoms with Gasteiger partial charge in [0.05, 0.1) is 6.54 Å². The molecule has 3 N–H and O–H groups in total. The number of carbonyl (C=O) groups excluding carboxylic acids is 4. The normalized spacial score (nSPS) is 17.2. The van der Waals surface area contributed by atoms with Crippen molar-refractivity contribution in [3.63, 3.8) is 0 Å². The van der Waals surface area contributed by atoms with Crippen molar-refractivity contribution >= 4 is 51.6 Å². The second-order valence-electron chi connectivity index (χ2n) is 11.2. The standard InChI is InChI=1S/C34H43FN2O8S2/c35-26-22-28(32(41)42)37(23-26)30(39)17-19-36-29(15-9-20-38)45-31(40)16-8-7-14-27(47-34(44)25-12-5-2-6-13-25)18-21-46-33(43)24-10-3-1-4-11-24/h1-6,10-13,26-29,36,38H,7-9,14-23H2,(H,41,42).